The number of benzene rings is 1. The first-order valence-corrected chi connectivity index (χ1v) is 9.88. The Bertz CT molecular complexity index is 1240. The van der Waals surface area contributed by atoms with Gasteiger partial charge in [0.1, 0.15) is 35.4 Å². The molecule has 164 valence electrons. The molecule has 1 aromatic carbocycles. The molecule has 1 fully saturated rings. The molecular formula is C21H21FN8O2. The van der Waals surface area contributed by atoms with E-state index in [4.69, 9.17) is 16.2 Å². The van der Waals surface area contributed by atoms with E-state index in [1.54, 1.807) is 4.90 Å². The molecule has 32 heavy (non-hydrogen) atoms. The molecule has 1 aliphatic rings. The Morgan fingerprint density at radius 3 is 2.88 bits per heavy atom. The summed E-state index contributed by atoms with van der Waals surface area (Å²) in [6, 6.07) is 5.99. The number of nitrogens with two attached hydrogens (primary N) is 2. The van der Waals surface area contributed by atoms with Gasteiger partial charge in [0, 0.05) is 37.5 Å². The highest BCUT2D eigenvalue weighted by Crippen LogP contribution is 2.33. The molecule has 4 rings (SSSR count). The molecule has 2 aromatic heterocycles. The molecule has 1 saturated heterocycles. The van der Waals surface area contributed by atoms with Crippen LogP contribution in [0.25, 0.3) is 10.9 Å². The molecule has 11 heteroatoms. The normalized spacial score (nSPS) is 13.5. The van der Waals surface area contributed by atoms with Gasteiger partial charge in [0.05, 0.1) is 23.9 Å². The second-order valence-corrected chi connectivity index (χ2v) is 7.37. The summed E-state index contributed by atoms with van der Waals surface area (Å²) in [7, 11) is 1.44. The lowest BCUT2D eigenvalue weighted by molar-refractivity contribution is 0.0606. The molecule has 3 aromatic rings. The number of amides is 1. The number of carbonyl (C=O) groups is 1. The van der Waals surface area contributed by atoms with Crippen molar-refractivity contribution < 1.29 is 13.9 Å². The monoisotopic (exact) mass is 436 g/mol. The topological polar surface area (TPSA) is 156 Å². The zero-order valence-corrected chi connectivity index (χ0v) is 17.3. The number of ether oxygens (including phenoxy) is 1. The molecule has 0 aliphatic carbocycles. The molecule has 0 atom stereocenters. The lowest BCUT2D eigenvalue weighted by atomic mass is 10.0. The van der Waals surface area contributed by atoms with Crippen LogP contribution in [0.15, 0.2) is 24.5 Å². The Kier molecular flexibility index (Phi) is 5.70. The standard InChI is InChI=1S/C21H21FN8O2/c1-32-18-16(4-5-26-20-14(7-23)19(25)27-10-28-20)29-15-3-2-11(22)6-13(15)17(18)21(31)30-8-12(24)9-30/h2-3,6,10,12H,4-5,8-9,24H2,1H3,(H3,25,26,27,28). The van der Waals surface area contributed by atoms with E-state index in [0.29, 0.717) is 48.5 Å². The minimum Gasteiger partial charge on any atom is -0.494 e. The average molecular weight is 436 g/mol. The van der Waals surface area contributed by atoms with Gasteiger partial charge in [0.15, 0.2) is 5.75 Å². The van der Waals surface area contributed by atoms with Gasteiger partial charge >= 0.3 is 0 Å². The van der Waals surface area contributed by atoms with E-state index in [-0.39, 0.29) is 34.6 Å². The van der Waals surface area contributed by atoms with Crippen molar-refractivity contribution in [2.75, 3.05) is 37.8 Å². The second-order valence-electron chi connectivity index (χ2n) is 7.37. The smallest absolute Gasteiger partial charge is 0.258 e. The number of nitriles is 1. The van der Waals surface area contributed by atoms with Crippen LogP contribution < -0.4 is 21.5 Å². The average Bonchev–Trinajstić information content (AvgIpc) is 2.76. The van der Waals surface area contributed by atoms with Crippen LogP contribution in [0, 0.1) is 17.1 Å². The summed E-state index contributed by atoms with van der Waals surface area (Å²) in [5.41, 5.74) is 12.9. The molecule has 0 spiro atoms. The molecule has 0 bridgehead atoms. The summed E-state index contributed by atoms with van der Waals surface area (Å²) >= 11 is 0. The zero-order chi connectivity index (χ0) is 22.8. The third-order valence-corrected chi connectivity index (χ3v) is 5.23. The van der Waals surface area contributed by atoms with E-state index in [1.807, 2.05) is 6.07 Å². The van der Waals surface area contributed by atoms with Crippen molar-refractivity contribution in [3.63, 3.8) is 0 Å². The first kappa shape index (κ1) is 21.2. The van der Waals surface area contributed by atoms with Gasteiger partial charge < -0.3 is 26.4 Å². The van der Waals surface area contributed by atoms with E-state index in [9.17, 15) is 14.4 Å². The van der Waals surface area contributed by atoms with Gasteiger partial charge in [-0.05, 0) is 18.2 Å². The number of hydrogen-bond acceptors (Lipinski definition) is 9. The van der Waals surface area contributed by atoms with Crippen molar-refractivity contribution >= 4 is 28.4 Å². The molecule has 0 unspecified atom stereocenters. The van der Waals surface area contributed by atoms with Crippen molar-refractivity contribution in [1.29, 1.82) is 5.26 Å². The highest BCUT2D eigenvalue weighted by Gasteiger charge is 2.32. The summed E-state index contributed by atoms with van der Waals surface area (Å²) in [4.78, 5) is 27.2. The fraction of sp³-hybridized carbons (Fsp3) is 0.286. The highest BCUT2D eigenvalue weighted by atomic mass is 19.1. The van der Waals surface area contributed by atoms with Gasteiger partial charge in [-0.25, -0.2) is 19.3 Å². The molecule has 0 saturated carbocycles. The summed E-state index contributed by atoms with van der Waals surface area (Å²) in [6.07, 6.45) is 1.60. The maximum atomic E-state index is 14.0. The molecule has 1 aliphatic heterocycles. The van der Waals surface area contributed by atoms with Gasteiger partial charge in [-0.2, -0.15) is 5.26 Å². The zero-order valence-electron chi connectivity index (χ0n) is 17.3. The summed E-state index contributed by atoms with van der Waals surface area (Å²) in [5, 5.41) is 12.7. The minimum atomic E-state index is -0.476. The van der Waals surface area contributed by atoms with Crippen LogP contribution in [0.3, 0.4) is 0 Å². The van der Waals surface area contributed by atoms with Gasteiger partial charge in [-0.15, -0.1) is 0 Å². The maximum absolute atomic E-state index is 14.0. The predicted molar refractivity (Wildman–Crippen MR) is 115 cm³/mol. The Labute approximate surface area is 183 Å². The number of methoxy groups -OCH3 is 1. The molecule has 10 nitrogen and oxygen atoms in total. The van der Waals surface area contributed by atoms with Gasteiger partial charge in [0.2, 0.25) is 0 Å². The fourth-order valence-corrected chi connectivity index (χ4v) is 3.65. The van der Waals surface area contributed by atoms with Crippen molar-refractivity contribution in [1.82, 2.24) is 19.9 Å². The number of halogens is 1. The van der Waals surface area contributed by atoms with Gasteiger partial charge in [-0.1, -0.05) is 0 Å². The quantitative estimate of drug-likeness (QED) is 0.514. The van der Waals surface area contributed by atoms with Gasteiger partial charge in [-0.3, -0.25) is 4.79 Å². The number of nitrogens with zero attached hydrogens (tertiary/aromatic N) is 5. The number of anilines is 2. The lowest BCUT2D eigenvalue weighted by Gasteiger charge is -2.37. The number of hydrogen-bond donors (Lipinski definition) is 3. The summed E-state index contributed by atoms with van der Waals surface area (Å²) in [6.45, 7) is 1.16. The molecular weight excluding hydrogens is 415 g/mol. The number of carbonyl (C=O) groups excluding carboxylic acids is 1. The molecule has 1 amide bonds. The first-order chi connectivity index (χ1) is 15.4. The fourth-order valence-electron chi connectivity index (χ4n) is 3.65. The number of rotatable bonds is 6. The number of aromatic nitrogens is 3. The Morgan fingerprint density at radius 2 is 2.19 bits per heavy atom. The van der Waals surface area contributed by atoms with Crippen molar-refractivity contribution in [3.05, 3.63) is 47.2 Å². The Balaban J connectivity index is 1.69. The largest absolute Gasteiger partial charge is 0.494 e. The lowest BCUT2D eigenvalue weighted by Crippen LogP contribution is -2.57. The van der Waals surface area contributed by atoms with E-state index < -0.39 is 5.82 Å². The predicted octanol–water partition coefficient (Wildman–Crippen LogP) is 1.06. The molecule has 3 heterocycles. The van der Waals surface area contributed by atoms with Crippen LogP contribution >= 0.6 is 0 Å². The SMILES string of the molecule is COc1c(CCNc2ncnc(N)c2C#N)nc2ccc(F)cc2c1C(=O)N1CC(N)C1. The van der Waals surface area contributed by atoms with Crippen LogP contribution in [0.1, 0.15) is 21.6 Å². The maximum Gasteiger partial charge on any atom is 0.258 e. The Hall–Kier alpha value is -4.04. The number of fused-ring (bicyclic) bond motifs is 1. The van der Waals surface area contributed by atoms with Crippen molar-refractivity contribution in [2.45, 2.75) is 12.5 Å². The van der Waals surface area contributed by atoms with Crippen LogP contribution in [-0.2, 0) is 6.42 Å². The third-order valence-electron chi connectivity index (χ3n) is 5.23. The van der Waals surface area contributed by atoms with Crippen LogP contribution in [0.4, 0.5) is 16.0 Å². The van der Waals surface area contributed by atoms with Gasteiger partial charge in [0.25, 0.3) is 5.91 Å². The second kappa shape index (κ2) is 8.60. The highest BCUT2D eigenvalue weighted by molar-refractivity contribution is 6.09. The van der Waals surface area contributed by atoms with E-state index >= 15 is 0 Å². The van der Waals surface area contributed by atoms with E-state index in [2.05, 4.69) is 20.3 Å². The van der Waals surface area contributed by atoms with Crippen LogP contribution in [0.2, 0.25) is 0 Å². The number of pyridine rings is 1. The van der Waals surface area contributed by atoms with Crippen LogP contribution in [0.5, 0.6) is 5.75 Å². The van der Waals surface area contributed by atoms with Crippen LogP contribution in [-0.4, -0.2) is 58.5 Å². The number of nitrogen functional groups attached to an aromatic ring is 1. The minimum absolute atomic E-state index is 0.0759. The summed E-state index contributed by atoms with van der Waals surface area (Å²) < 4.78 is 19.6. The first-order valence-electron chi connectivity index (χ1n) is 9.88. The molecule has 5 N–H and O–H groups in total. The van der Waals surface area contributed by atoms with E-state index in [1.165, 1.54) is 31.6 Å². The molecule has 0 radical (unpaired) electrons. The Morgan fingerprint density at radius 1 is 1.41 bits per heavy atom. The van der Waals surface area contributed by atoms with Crippen molar-refractivity contribution in [2.24, 2.45) is 5.73 Å². The number of likely N-dealkylation sites (tertiary alicyclic amines) is 1. The van der Waals surface area contributed by atoms with Crippen molar-refractivity contribution in [3.8, 4) is 11.8 Å². The summed E-state index contributed by atoms with van der Waals surface area (Å²) in [5.74, 6) is -0.110. The third kappa shape index (κ3) is 3.83. The van der Waals surface area contributed by atoms with E-state index in [0.717, 1.165) is 0 Å². The number of nitrogens with one attached hydrogen (secondary N) is 1.